The van der Waals surface area contributed by atoms with Gasteiger partial charge in [-0.05, 0) is 45.2 Å². The van der Waals surface area contributed by atoms with Crippen LogP contribution >= 0.6 is 24.0 Å². The van der Waals surface area contributed by atoms with Crippen molar-refractivity contribution in [1.29, 1.82) is 0 Å². The Balaban J connectivity index is 0.00000338. The van der Waals surface area contributed by atoms with Gasteiger partial charge < -0.3 is 10.6 Å². The van der Waals surface area contributed by atoms with E-state index in [1.807, 2.05) is 19.1 Å². The third-order valence-corrected chi connectivity index (χ3v) is 7.00. The van der Waals surface area contributed by atoms with E-state index in [4.69, 9.17) is 0 Å². The second kappa shape index (κ2) is 8.86. The van der Waals surface area contributed by atoms with E-state index in [2.05, 4.69) is 15.6 Å². The molecule has 0 aliphatic heterocycles. The number of sulfone groups is 1. The molecule has 5 nitrogen and oxygen atoms in total. The molecule has 0 heterocycles. The molecule has 2 rings (SSSR count). The molecule has 0 saturated heterocycles. The Hall–Kier alpha value is -0.900. The van der Waals surface area contributed by atoms with Gasteiger partial charge in [-0.2, -0.15) is 0 Å². The Bertz CT molecular complexity index is 747. The monoisotopic (exact) mass is 497 g/mol. The maximum absolute atomic E-state index is 14.1. The number of hydrogen-bond acceptors (Lipinski definition) is 3. The highest BCUT2D eigenvalue weighted by Crippen LogP contribution is 2.48. The van der Waals surface area contributed by atoms with Crippen molar-refractivity contribution in [3.05, 3.63) is 35.6 Å². The summed E-state index contributed by atoms with van der Waals surface area (Å²) < 4.78 is 36.8. The van der Waals surface area contributed by atoms with E-state index < -0.39 is 14.6 Å². The van der Waals surface area contributed by atoms with Crippen molar-refractivity contribution >= 4 is 39.8 Å². The molecular formula is C18H29FIN3O2S. The van der Waals surface area contributed by atoms with Crippen LogP contribution in [0.5, 0.6) is 0 Å². The van der Waals surface area contributed by atoms with Gasteiger partial charge in [0.2, 0.25) is 0 Å². The van der Waals surface area contributed by atoms with Crippen LogP contribution in [0.2, 0.25) is 0 Å². The van der Waals surface area contributed by atoms with E-state index in [-0.39, 0.29) is 41.8 Å². The van der Waals surface area contributed by atoms with Crippen LogP contribution in [0.3, 0.4) is 0 Å². The maximum Gasteiger partial charge on any atom is 0.191 e. The van der Waals surface area contributed by atoms with Gasteiger partial charge in [-0.15, -0.1) is 24.0 Å². The number of rotatable bonds is 7. The first-order valence-electron chi connectivity index (χ1n) is 8.58. The minimum Gasteiger partial charge on any atom is -0.357 e. The summed E-state index contributed by atoms with van der Waals surface area (Å²) in [6.45, 7) is 6.67. The Morgan fingerprint density at radius 2 is 1.88 bits per heavy atom. The average molecular weight is 497 g/mol. The number of nitrogens with one attached hydrogen (secondary N) is 2. The molecule has 1 aromatic rings. The summed E-state index contributed by atoms with van der Waals surface area (Å²) in [5, 5.41) is 6.37. The van der Waals surface area contributed by atoms with Gasteiger partial charge in [-0.1, -0.05) is 18.2 Å². The van der Waals surface area contributed by atoms with Crippen molar-refractivity contribution in [3.8, 4) is 0 Å². The van der Waals surface area contributed by atoms with E-state index in [0.29, 0.717) is 19.0 Å². The molecule has 1 aliphatic carbocycles. The minimum atomic E-state index is -3.20. The highest BCUT2D eigenvalue weighted by atomic mass is 127. The van der Waals surface area contributed by atoms with E-state index in [1.165, 1.54) is 12.3 Å². The van der Waals surface area contributed by atoms with Crippen LogP contribution in [0, 0.1) is 5.82 Å². The number of hydrogen-bond donors (Lipinski definition) is 2. The van der Waals surface area contributed by atoms with Crippen LogP contribution < -0.4 is 10.6 Å². The topological polar surface area (TPSA) is 70.6 Å². The fraction of sp³-hybridized carbons (Fsp3) is 0.611. The van der Waals surface area contributed by atoms with Crippen LogP contribution in [-0.2, 0) is 15.3 Å². The summed E-state index contributed by atoms with van der Waals surface area (Å²) in [5.74, 6) is 0.379. The molecule has 0 atom stereocenters. The van der Waals surface area contributed by atoms with Gasteiger partial charge in [0, 0.05) is 24.8 Å². The summed E-state index contributed by atoms with van der Waals surface area (Å²) >= 11 is 0. The zero-order valence-corrected chi connectivity index (χ0v) is 18.9. The Morgan fingerprint density at radius 1 is 1.27 bits per heavy atom. The summed E-state index contributed by atoms with van der Waals surface area (Å²) in [5.41, 5.74) is 0.531. The van der Waals surface area contributed by atoms with E-state index in [0.717, 1.165) is 18.4 Å². The molecule has 26 heavy (non-hydrogen) atoms. The van der Waals surface area contributed by atoms with Gasteiger partial charge in [0.15, 0.2) is 15.8 Å². The van der Waals surface area contributed by atoms with Gasteiger partial charge in [-0.3, -0.25) is 4.99 Å². The van der Waals surface area contributed by atoms with Crippen molar-refractivity contribution in [3.63, 3.8) is 0 Å². The Morgan fingerprint density at radius 3 is 2.38 bits per heavy atom. The molecule has 1 saturated carbocycles. The highest BCUT2D eigenvalue weighted by molar-refractivity contribution is 14.0. The Labute approximate surface area is 173 Å². The third kappa shape index (κ3) is 5.55. The highest BCUT2D eigenvalue weighted by Gasteiger charge is 2.45. The molecule has 0 aromatic heterocycles. The lowest BCUT2D eigenvalue weighted by Crippen LogP contribution is -2.43. The lowest BCUT2D eigenvalue weighted by Gasteiger charge is -2.22. The van der Waals surface area contributed by atoms with Gasteiger partial charge in [0.1, 0.15) is 5.82 Å². The van der Waals surface area contributed by atoms with Gasteiger partial charge in [0.25, 0.3) is 0 Å². The maximum atomic E-state index is 14.1. The van der Waals surface area contributed by atoms with Crippen molar-refractivity contribution in [2.75, 3.05) is 25.9 Å². The second-order valence-electron chi connectivity index (χ2n) is 7.34. The molecule has 148 valence electrons. The lowest BCUT2D eigenvalue weighted by atomic mass is 9.95. The molecule has 8 heteroatoms. The second-order valence-corrected chi connectivity index (χ2v) is 9.99. The fourth-order valence-electron chi connectivity index (χ4n) is 2.56. The van der Waals surface area contributed by atoms with Crippen molar-refractivity contribution < 1.29 is 12.8 Å². The molecule has 0 radical (unpaired) electrons. The number of nitrogens with zero attached hydrogens (tertiary/aromatic N) is 1. The summed E-state index contributed by atoms with van der Waals surface area (Å²) in [7, 11) is -3.20. The number of halogens is 2. The number of benzene rings is 1. The van der Waals surface area contributed by atoms with Crippen molar-refractivity contribution in [2.45, 2.75) is 43.8 Å². The molecule has 0 amide bonds. The van der Waals surface area contributed by atoms with Crippen LogP contribution in [0.4, 0.5) is 4.39 Å². The largest absolute Gasteiger partial charge is 0.357 e. The van der Waals surface area contributed by atoms with Crippen LogP contribution in [0.25, 0.3) is 0 Å². The summed E-state index contributed by atoms with van der Waals surface area (Å²) in [6.07, 6.45) is 3.07. The first-order valence-corrected chi connectivity index (χ1v) is 10.5. The third-order valence-electron chi connectivity index (χ3n) is 4.86. The molecule has 1 aromatic carbocycles. The van der Waals surface area contributed by atoms with Gasteiger partial charge >= 0.3 is 0 Å². The zero-order valence-electron chi connectivity index (χ0n) is 15.8. The molecule has 0 unspecified atom stereocenters. The van der Waals surface area contributed by atoms with Crippen LogP contribution in [0.1, 0.15) is 39.2 Å². The van der Waals surface area contributed by atoms with Crippen LogP contribution in [0.15, 0.2) is 29.3 Å². The molecular weight excluding hydrogens is 468 g/mol. The molecule has 2 N–H and O–H groups in total. The van der Waals surface area contributed by atoms with E-state index in [1.54, 1.807) is 19.9 Å². The van der Waals surface area contributed by atoms with Crippen molar-refractivity contribution in [2.24, 2.45) is 4.99 Å². The van der Waals surface area contributed by atoms with E-state index in [9.17, 15) is 12.8 Å². The average Bonchev–Trinajstić information content (AvgIpc) is 3.30. The lowest BCUT2D eigenvalue weighted by molar-refractivity contribution is 0.550. The van der Waals surface area contributed by atoms with Gasteiger partial charge in [0.05, 0.1) is 11.3 Å². The first-order chi connectivity index (χ1) is 11.6. The first kappa shape index (κ1) is 23.1. The normalized spacial score (nSPS) is 16.6. The van der Waals surface area contributed by atoms with Crippen molar-refractivity contribution in [1.82, 2.24) is 10.6 Å². The smallest absolute Gasteiger partial charge is 0.191 e. The molecule has 0 bridgehead atoms. The van der Waals surface area contributed by atoms with Crippen LogP contribution in [-0.4, -0.2) is 45.0 Å². The molecule has 1 fully saturated rings. The van der Waals surface area contributed by atoms with Gasteiger partial charge in [-0.25, -0.2) is 12.8 Å². The quantitative estimate of drug-likeness (QED) is 0.346. The number of aliphatic imine (C=N–C) groups is 1. The summed E-state index contributed by atoms with van der Waals surface area (Å²) in [4.78, 5) is 4.42. The number of guanidine groups is 1. The predicted octanol–water partition coefficient (Wildman–Crippen LogP) is 2.85. The fourth-order valence-corrected chi connectivity index (χ4v) is 2.86. The molecule has 1 aliphatic rings. The van der Waals surface area contributed by atoms with E-state index >= 15 is 0 Å². The molecule has 0 spiro atoms. The predicted molar refractivity (Wildman–Crippen MR) is 116 cm³/mol. The SMILES string of the molecule is CCNC(=NCC(C)(C)S(C)(=O)=O)NCC1(c2ccccc2F)CC1.I. The standard InChI is InChI=1S/C18H28FN3O2S.HI/c1-5-20-16(21-12-17(2,3)25(4,23)24)22-13-18(10-11-18)14-8-6-7-9-15(14)19;/h6-9H,5,10-13H2,1-4H3,(H2,20,21,22);1H. The Kier molecular flexibility index (Phi) is 7.88. The minimum absolute atomic E-state index is 0. The zero-order chi connectivity index (χ0) is 18.7. The summed E-state index contributed by atoms with van der Waals surface area (Å²) in [6, 6.07) is 6.87.